The number of rotatable bonds is 6. The Bertz CT molecular complexity index is 1300. The third-order valence-corrected chi connectivity index (χ3v) is 4.56. The van der Waals surface area contributed by atoms with Gasteiger partial charge in [-0.2, -0.15) is 5.10 Å². The van der Waals surface area contributed by atoms with Gasteiger partial charge in [0.05, 0.1) is 23.6 Å². The Balaban J connectivity index is 1.30. The lowest BCUT2D eigenvalue weighted by Crippen LogP contribution is -2.42. The summed E-state index contributed by atoms with van der Waals surface area (Å²) >= 11 is 0. The minimum absolute atomic E-state index is 0.0432. The summed E-state index contributed by atoms with van der Waals surface area (Å²) in [5, 5.41) is 14.0. The molecule has 0 aliphatic heterocycles. The minimum atomic E-state index is -0.805. The van der Waals surface area contributed by atoms with Crippen LogP contribution < -0.4 is 10.9 Å². The third-order valence-electron chi connectivity index (χ3n) is 4.56. The third kappa shape index (κ3) is 5.03. The zero-order valence-corrected chi connectivity index (χ0v) is 17.0. The number of amides is 2. The fourth-order valence-corrected chi connectivity index (χ4v) is 2.95. The first-order chi connectivity index (χ1) is 15.9. The molecule has 2 amide bonds. The Hall–Kier alpha value is -4.54. The maximum atomic E-state index is 13.8. The highest BCUT2D eigenvalue weighted by atomic mass is 19.1. The lowest BCUT2D eigenvalue weighted by molar-refractivity contribution is -0.121. The first kappa shape index (κ1) is 21.7. The Morgan fingerprint density at radius 2 is 1.88 bits per heavy atom. The number of para-hydroxylation sites is 1. The predicted molar refractivity (Wildman–Crippen MR) is 111 cm³/mol. The number of carbonyl (C=O) groups excluding carboxylic acids is 2. The largest absolute Gasteiger partial charge is 0.504 e. The second-order valence-corrected chi connectivity index (χ2v) is 6.89. The molecule has 0 fully saturated rings. The number of aryl methyl sites for hydroxylation is 1. The number of hydrazine groups is 1. The fraction of sp³-hybridized carbons (Fsp3) is 0.0909. The van der Waals surface area contributed by atoms with Crippen molar-refractivity contribution >= 4 is 11.8 Å². The number of carbonyl (C=O) groups is 2. The van der Waals surface area contributed by atoms with Gasteiger partial charge < -0.3 is 9.52 Å². The van der Waals surface area contributed by atoms with E-state index in [1.54, 1.807) is 24.3 Å². The van der Waals surface area contributed by atoms with Gasteiger partial charge in [-0.3, -0.25) is 20.4 Å². The fourth-order valence-electron chi connectivity index (χ4n) is 2.95. The summed E-state index contributed by atoms with van der Waals surface area (Å²) in [6.07, 6.45) is 2.52. The maximum absolute atomic E-state index is 13.8. The van der Waals surface area contributed by atoms with Gasteiger partial charge in [-0.15, -0.1) is 0 Å². The van der Waals surface area contributed by atoms with E-state index in [1.165, 1.54) is 23.1 Å². The topological polar surface area (TPSA) is 122 Å². The summed E-state index contributed by atoms with van der Waals surface area (Å²) in [7, 11) is 0. The predicted octanol–water partition coefficient (Wildman–Crippen LogP) is 2.90. The van der Waals surface area contributed by atoms with E-state index in [9.17, 15) is 23.5 Å². The van der Waals surface area contributed by atoms with Crippen molar-refractivity contribution in [3.63, 3.8) is 0 Å². The molecule has 0 atom stereocenters. The molecule has 4 rings (SSSR count). The molecule has 2 aromatic carbocycles. The van der Waals surface area contributed by atoms with Gasteiger partial charge in [-0.25, -0.2) is 18.4 Å². The van der Waals surface area contributed by atoms with E-state index < -0.39 is 23.4 Å². The van der Waals surface area contributed by atoms with Crippen LogP contribution in [0.5, 0.6) is 5.75 Å². The van der Waals surface area contributed by atoms with Crippen LogP contribution in [-0.4, -0.2) is 31.7 Å². The highest BCUT2D eigenvalue weighted by molar-refractivity contribution is 5.95. The molecule has 3 N–H and O–H groups in total. The first-order valence-electron chi connectivity index (χ1n) is 9.74. The van der Waals surface area contributed by atoms with Gasteiger partial charge in [-0.1, -0.05) is 18.2 Å². The molecule has 0 unspecified atom stereocenters. The molecular weight excluding hydrogens is 436 g/mol. The molecule has 0 bridgehead atoms. The molecular formula is C22H17F2N5O4. The second kappa shape index (κ2) is 9.30. The van der Waals surface area contributed by atoms with Gasteiger partial charge in [-0.05, 0) is 24.3 Å². The van der Waals surface area contributed by atoms with E-state index in [2.05, 4.69) is 20.9 Å². The summed E-state index contributed by atoms with van der Waals surface area (Å²) in [4.78, 5) is 28.3. The SMILES string of the molecule is O=C(CCc1ncc(-c2ccc(F)cc2F)o1)NNC(=O)c1nn(-c2ccccc2)cc1O. The van der Waals surface area contributed by atoms with Crippen molar-refractivity contribution in [3.8, 4) is 22.8 Å². The molecule has 33 heavy (non-hydrogen) atoms. The van der Waals surface area contributed by atoms with E-state index in [0.29, 0.717) is 5.69 Å². The molecule has 11 heteroatoms. The highest BCUT2D eigenvalue weighted by Crippen LogP contribution is 2.24. The molecule has 0 spiro atoms. The van der Waals surface area contributed by atoms with Crippen molar-refractivity contribution in [2.24, 2.45) is 0 Å². The van der Waals surface area contributed by atoms with Crippen molar-refractivity contribution in [2.75, 3.05) is 0 Å². The zero-order valence-electron chi connectivity index (χ0n) is 17.0. The Labute approximate surface area is 185 Å². The van der Waals surface area contributed by atoms with E-state index in [0.717, 1.165) is 12.1 Å². The summed E-state index contributed by atoms with van der Waals surface area (Å²) in [5.74, 6) is -2.97. The molecule has 4 aromatic rings. The van der Waals surface area contributed by atoms with Crippen LogP contribution in [0.2, 0.25) is 0 Å². The van der Waals surface area contributed by atoms with Gasteiger partial charge in [0.2, 0.25) is 5.91 Å². The molecule has 0 saturated carbocycles. The summed E-state index contributed by atoms with van der Waals surface area (Å²) in [5.41, 5.74) is 4.80. The average molecular weight is 453 g/mol. The maximum Gasteiger partial charge on any atom is 0.294 e. The van der Waals surface area contributed by atoms with Crippen molar-refractivity contribution in [2.45, 2.75) is 12.8 Å². The summed E-state index contributed by atoms with van der Waals surface area (Å²) in [6, 6.07) is 11.9. The Morgan fingerprint density at radius 1 is 1.09 bits per heavy atom. The quantitative estimate of drug-likeness (QED) is 0.386. The van der Waals surface area contributed by atoms with E-state index in [4.69, 9.17) is 4.42 Å². The normalized spacial score (nSPS) is 10.7. The van der Waals surface area contributed by atoms with Gasteiger partial charge in [0.1, 0.15) is 11.6 Å². The number of aromatic nitrogens is 3. The molecule has 9 nitrogen and oxygen atoms in total. The van der Waals surface area contributed by atoms with Crippen LogP contribution in [0.4, 0.5) is 8.78 Å². The minimum Gasteiger partial charge on any atom is -0.504 e. The van der Waals surface area contributed by atoms with Gasteiger partial charge in [0.15, 0.2) is 23.1 Å². The molecule has 2 aromatic heterocycles. The molecule has 0 aliphatic rings. The number of hydrogen-bond donors (Lipinski definition) is 3. The van der Waals surface area contributed by atoms with E-state index in [1.807, 2.05) is 6.07 Å². The van der Waals surface area contributed by atoms with Crippen molar-refractivity contribution in [1.82, 2.24) is 25.6 Å². The van der Waals surface area contributed by atoms with Crippen LogP contribution in [0.15, 0.2) is 65.3 Å². The number of benzene rings is 2. The molecule has 0 radical (unpaired) electrons. The summed E-state index contributed by atoms with van der Waals surface area (Å²) in [6.45, 7) is 0. The van der Waals surface area contributed by atoms with Crippen LogP contribution >= 0.6 is 0 Å². The van der Waals surface area contributed by atoms with Crippen molar-refractivity contribution in [3.05, 3.63) is 84.1 Å². The van der Waals surface area contributed by atoms with E-state index in [-0.39, 0.29) is 41.5 Å². The van der Waals surface area contributed by atoms with E-state index >= 15 is 0 Å². The average Bonchev–Trinajstić information content (AvgIpc) is 3.43. The van der Waals surface area contributed by atoms with Crippen LogP contribution in [0.3, 0.4) is 0 Å². The van der Waals surface area contributed by atoms with Crippen molar-refractivity contribution in [1.29, 1.82) is 0 Å². The lowest BCUT2D eigenvalue weighted by atomic mass is 10.2. The number of aromatic hydroxyl groups is 1. The van der Waals surface area contributed by atoms with Crippen LogP contribution in [-0.2, 0) is 11.2 Å². The van der Waals surface area contributed by atoms with Crippen LogP contribution in [0.25, 0.3) is 17.0 Å². The number of halogens is 2. The Kier molecular flexibility index (Phi) is 6.11. The smallest absolute Gasteiger partial charge is 0.294 e. The zero-order chi connectivity index (χ0) is 23.4. The number of hydrogen-bond acceptors (Lipinski definition) is 6. The second-order valence-electron chi connectivity index (χ2n) is 6.89. The standard InChI is InChI=1S/C22H17F2N5O4/c23-13-6-7-15(16(24)10-13)18-11-25-20(33-18)9-8-19(31)26-27-22(32)21-17(30)12-29(28-21)14-4-2-1-3-5-14/h1-7,10-12,30H,8-9H2,(H,26,31)(H,27,32). The van der Waals surface area contributed by atoms with Gasteiger partial charge >= 0.3 is 0 Å². The molecule has 168 valence electrons. The van der Waals surface area contributed by atoms with Crippen molar-refractivity contribution < 1.29 is 27.9 Å². The van der Waals surface area contributed by atoms with Gasteiger partial charge in [0, 0.05) is 18.9 Å². The molecule has 0 saturated heterocycles. The molecule has 0 aliphatic carbocycles. The van der Waals surface area contributed by atoms with Crippen LogP contribution in [0, 0.1) is 11.6 Å². The first-order valence-corrected chi connectivity index (χ1v) is 9.74. The molecule has 2 heterocycles. The van der Waals surface area contributed by atoms with Gasteiger partial charge in [0.25, 0.3) is 5.91 Å². The highest BCUT2D eigenvalue weighted by Gasteiger charge is 2.18. The number of oxazole rings is 1. The summed E-state index contributed by atoms with van der Waals surface area (Å²) < 4.78 is 33.6. The number of nitrogens with one attached hydrogen (secondary N) is 2. The Morgan fingerprint density at radius 3 is 2.64 bits per heavy atom. The lowest BCUT2D eigenvalue weighted by Gasteiger charge is -2.05. The van der Waals surface area contributed by atoms with Crippen LogP contribution in [0.1, 0.15) is 22.8 Å². The monoisotopic (exact) mass is 453 g/mol. The number of nitrogens with zero attached hydrogens (tertiary/aromatic N) is 3.